The minimum Gasteiger partial charge on any atom is -0.493 e. The lowest BCUT2D eigenvalue weighted by molar-refractivity contribution is 0.0749. The van der Waals surface area contributed by atoms with Gasteiger partial charge in [0.15, 0.2) is 17.1 Å². The van der Waals surface area contributed by atoms with E-state index in [1.54, 1.807) is 23.1 Å². The quantitative estimate of drug-likeness (QED) is 0.740. The molecular formula is C19H25ClN2O5. The van der Waals surface area contributed by atoms with E-state index in [4.69, 9.17) is 25.9 Å². The molecule has 1 fully saturated rings. The second-order valence-electron chi connectivity index (χ2n) is 7.04. The van der Waals surface area contributed by atoms with Crippen LogP contribution in [-0.2, 0) is 0 Å². The second-order valence-corrected chi connectivity index (χ2v) is 7.47. The Morgan fingerprint density at radius 2 is 2.07 bits per heavy atom. The molecule has 0 radical (unpaired) electrons. The number of likely N-dealkylation sites (tertiary alicyclic amines) is 1. The molecule has 27 heavy (non-hydrogen) atoms. The van der Waals surface area contributed by atoms with Crippen molar-refractivity contribution in [1.82, 2.24) is 9.80 Å². The van der Waals surface area contributed by atoms with Crippen LogP contribution in [0.25, 0.3) is 11.0 Å². The first-order valence-corrected chi connectivity index (χ1v) is 9.31. The summed E-state index contributed by atoms with van der Waals surface area (Å²) >= 11 is 6.08. The summed E-state index contributed by atoms with van der Waals surface area (Å²) in [4.78, 5) is 16.7. The minimum absolute atomic E-state index is 0.00320. The van der Waals surface area contributed by atoms with Crippen molar-refractivity contribution < 1.29 is 24.2 Å². The Morgan fingerprint density at radius 3 is 2.74 bits per heavy atom. The van der Waals surface area contributed by atoms with Crippen LogP contribution in [0.15, 0.2) is 22.6 Å². The summed E-state index contributed by atoms with van der Waals surface area (Å²) in [6.07, 6.45) is 0. The van der Waals surface area contributed by atoms with Gasteiger partial charge in [-0.15, -0.1) is 0 Å². The van der Waals surface area contributed by atoms with Gasteiger partial charge in [-0.2, -0.15) is 0 Å². The molecule has 1 aromatic carbocycles. The van der Waals surface area contributed by atoms with E-state index in [0.29, 0.717) is 47.9 Å². The summed E-state index contributed by atoms with van der Waals surface area (Å²) in [6.45, 7) is 2.38. The lowest BCUT2D eigenvalue weighted by Gasteiger charge is -2.22. The highest BCUT2D eigenvalue weighted by atomic mass is 35.5. The highest BCUT2D eigenvalue weighted by molar-refractivity contribution is 6.31. The Balaban J connectivity index is 1.78. The van der Waals surface area contributed by atoms with Gasteiger partial charge in [-0.25, -0.2) is 0 Å². The number of ether oxygens (including phenoxy) is 1. The third-order valence-electron chi connectivity index (χ3n) is 5.10. The van der Waals surface area contributed by atoms with Crippen LogP contribution in [0.4, 0.5) is 0 Å². The van der Waals surface area contributed by atoms with Crippen LogP contribution in [0.2, 0.25) is 5.02 Å². The van der Waals surface area contributed by atoms with Crippen molar-refractivity contribution >= 4 is 28.5 Å². The Labute approximate surface area is 163 Å². The number of aliphatic hydroxyl groups is 2. The minimum atomic E-state index is -0.213. The number of halogens is 1. The number of rotatable bonds is 7. The van der Waals surface area contributed by atoms with Crippen molar-refractivity contribution in [2.24, 2.45) is 11.8 Å². The number of hydrogen-bond acceptors (Lipinski definition) is 6. The Hall–Kier alpha value is -1.80. The van der Waals surface area contributed by atoms with Crippen molar-refractivity contribution in [3.8, 4) is 5.75 Å². The van der Waals surface area contributed by atoms with Crippen molar-refractivity contribution in [3.63, 3.8) is 0 Å². The molecule has 0 saturated carbocycles. The first-order valence-electron chi connectivity index (χ1n) is 8.93. The van der Waals surface area contributed by atoms with E-state index >= 15 is 0 Å². The van der Waals surface area contributed by atoms with Gasteiger partial charge in [-0.3, -0.25) is 4.79 Å². The molecule has 1 aromatic heterocycles. The Kier molecular flexibility index (Phi) is 6.26. The summed E-state index contributed by atoms with van der Waals surface area (Å²) in [5.41, 5.74) is 0.488. The third-order valence-corrected chi connectivity index (χ3v) is 5.32. The molecule has 2 heterocycles. The number of nitrogens with zero attached hydrogens (tertiary/aromatic N) is 2. The fourth-order valence-electron chi connectivity index (χ4n) is 3.68. The van der Waals surface area contributed by atoms with Gasteiger partial charge in [-0.1, -0.05) is 11.6 Å². The maximum absolute atomic E-state index is 12.9. The molecule has 1 amide bonds. The Bertz CT molecular complexity index is 809. The molecule has 0 bridgehead atoms. The largest absolute Gasteiger partial charge is 0.493 e. The lowest BCUT2D eigenvalue weighted by Crippen LogP contribution is -2.33. The molecule has 8 heteroatoms. The lowest BCUT2D eigenvalue weighted by atomic mass is 9.96. The average Bonchev–Trinajstić information content (AvgIpc) is 3.24. The molecule has 0 unspecified atom stereocenters. The van der Waals surface area contributed by atoms with Crippen molar-refractivity contribution in [1.29, 1.82) is 0 Å². The topological polar surface area (TPSA) is 86.4 Å². The molecule has 1 saturated heterocycles. The summed E-state index contributed by atoms with van der Waals surface area (Å²) in [5, 5.41) is 20.0. The summed E-state index contributed by atoms with van der Waals surface area (Å²) in [5.74, 6) is 0.642. The van der Waals surface area contributed by atoms with E-state index in [-0.39, 0.29) is 36.7 Å². The predicted octanol–water partition coefficient (Wildman–Crippen LogP) is 1.70. The molecule has 0 spiro atoms. The van der Waals surface area contributed by atoms with Crippen LogP contribution in [-0.4, -0.2) is 79.5 Å². The smallest absolute Gasteiger partial charge is 0.289 e. The van der Waals surface area contributed by atoms with E-state index in [1.807, 2.05) is 11.9 Å². The van der Waals surface area contributed by atoms with Crippen molar-refractivity contribution in [2.45, 2.75) is 0 Å². The van der Waals surface area contributed by atoms with E-state index in [0.717, 1.165) is 0 Å². The monoisotopic (exact) mass is 396 g/mol. The highest BCUT2D eigenvalue weighted by Crippen LogP contribution is 2.33. The van der Waals surface area contributed by atoms with Crippen LogP contribution in [0.5, 0.6) is 5.75 Å². The number of furan rings is 1. The third kappa shape index (κ3) is 4.21. The summed E-state index contributed by atoms with van der Waals surface area (Å²) in [6, 6.07) is 5.05. The molecule has 148 valence electrons. The number of hydrogen-bond donors (Lipinski definition) is 2. The van der Waals surface area contributed by atoms with Crippen LogP contribution in [0.1, 0.15) is 10.6 Å². The fourth-order valence-corrected chi connectivity index (χ4v) is 3.90. The zero-order chi connectivity index (χ0) is 19.6. The number of methoxy groups -OCH3 is 1. The fraction of sp³-hybridized carbons (Fsp3) is 0.526. The van der Waals surface area contributed by atoms with Crippen molar-refractivity contribution in [3.05, 3.63) is 29.0 Å². The van der Waals surface area contributed by atoms with Gasteiger partial charge in [0.05, 0.1) is 13.7 Å². The maximum Gasteiger partial charge on any atom is 0.289 e. The number of benzene rings is 1. The maximum atomic E-state index is 12.9. The predicted molar refractivity (Wildman–Crippen MR) is 102 cm³/mol. The number of likely N-dealkylation sites (N-methyl/N-ethyl adjacent to an activating group) is 1. The van der Waals surface area contributed by atoms with Gasteiger partial charge >= 0.3 is 0 Å². The molecule has 1 aliphatic rings. The van der Waals surface area contributed by atoms with Gasteiger partial charge in [0.1, 0.15) is 0 Å². The van der Waals surface area contributed by atoms with Crippen molar-refractivity contribution in [2.75, 3.05) is 53.6 Å². The zero-order valence-electron chi connectivity index (χ0n) is 15.5. The zero-order valence-corrected chi connectivity index (χ0v) is 16.3. The first-order chi connectivity index (χ1) is 13.0. The number of carbonyl (C=O) groups excluding carboxylic acids is 1. The molecule has 3 rings (SSSR count). The van der Waals surface area contributed by atoms with Crippen LogP contribution >= 0.6 is 11.6 Å². The number of amides is 1. The van der Waals surface area contributed by atoms with Crippen LogP contribution in [0, 0.1) is 11.8 Å². The Morgan fingerprint density at radius 1 is 1.33 bits per heavy atom. The molecule has 1 aliphatic heterocycles. The molecular weight excluding hydrogens is 372 g/mol. The molecule has 0 aliphatic carbocycles. The SMILES string of the molecule is COc1cc(Cl)cc2cc(C(=O)N3C[C@@H](CN(C)CCO)[C@@H](CO)C3)oc12. The number of carbonyl (C=O) groups is 1. The number of fused-ring (bicyclic) bond motifs is 1. The van der Waals surface area contributed by atoms with Crippen LogP contribution in [0.3, 0.4) is 0 Å². The second kappa shape index (κ2) is 8.48. The molecule has 2 atom stereocenters. The average molecular weight is 397 g/mol. The summed E-state index contributed by atoms with van der Waals surface area (Å²) < 4.78 is 11.0. The first kappa shape index (κ1) is 19.9. The van der Waals surface area contributed by atoms with Gasteiger partial charge in [0.2, 0.25) is 0 Å². The van der Waals surface area contributed by atoms with Gasteiger partial charge in [-0.05, 0) is 25.1 Å². The standard InChI is InChI=1S/C19H25ClN2O5/c1-21(3-4-23)8-13-9-22(10-14(13)11-24)19(25)17-6-12-5-15(20)7-16(26-2)18(12)27-17/h5-7,13-14,23-24H,3-4,8-11H2,1-2H3/t13-,14-/m1/s1. The van der Waals surface area contributed by atoms with Gasteiger partial charge in [0, 0.05) is 55.2 Å². The molecule has 7 nitrogen and oxygen atoms in total. The normalized spacial score (nSPS) is 20.0. The van der Waals surface area contributed by atoms with E-state index in [1.165, 1.54) is 7.11 Å². The van der Waals surface area contributed by atoms with Crippen LogP contribution < -0.4 is 4.74 Å². The van der Waals surface area contributed by atoms with Gasteiger partial charge in [0.25, 0.3) is 5.91 Å². The highest BCUT2D eigenvalue weighted by Gasteiger charge is 2.36. The van der Waals surface area contributed by atoms with E-state index in [9.17, 15) is 9.90 Å². The molecule has 2 N–H and O–H groups in total. The van der Waals surface area contributed by atoms with E-state index in [2.05, 4.69) is 0 Å². The molecule has 2 aromatic rings. The van der Waals surface area contributed by atoms with Gasteiger partial charge < -0.3 is 29.2 Å². The number of aliphatic hydroxyl groups excluding tert-OH is 2. The van der Waals surface area contributed by atoms with E-state index < -0.39 is 0 Å². The summed E-state index contributed by atoms with van der Waals surface area (Å²) in [7, 11) is 3.44.